The lowest BCUT2D eigenvalue weighted by Gasteiger charge is -2.12. The van der Waals surface area contributed by atoms with Gasteiger partial charge in [-0.05, 0) is 61.4 Å². The normalized spacial score (nSPS) is 11.0. The highest BCUT2D eigenvalue weighted by Crippen LogP contribution is 2.28. The Morgan fingerprint density at radius 2 is 1.62 bits per heavy atom. The van der Waals surface area contributed by atoms with E-state index in [0.29, 0.717) is 16.7 Å². The van der Waals surface area contributed by atoms with E-state index in [1.807, 2.05) is 6.07 Å². The molecule has 0 amide bonds. The summed E-state index contributed by atoms with van der Waals surface area (Å²) in [5.41, 5.74) is 1.68. The average molecular weight is 366 g/mol. The molecule has 2 rings (SSSR count). The Balaban J connectivity index is 2.42. The Morgan fingerprint density at radius 1 is 1.10 bits per heavy atom. The molecule has 4 nitrogen and oxygen atoms in total. The van der Waals surface area contributed by atoms with Crippen LogP contribution in [0.3, 0.4) is 0 Å². The third-order valence-corrected chi connectivity index (χ3v) is 4.65. The number of aryl methyl sites for hydroxylation is 2. The van der Waals surface area contributed by atoms with Gasteiger partial charge in [0.1, 0.15) is 10.6 Å². The molecule has 0 radical (unpaired) electrons. The molecule has 0 spiro atoms. The second-order valence-electron chi connectivity index (χ2n) is 4.54. The highest BCUT2D eigenvalue weighted by atomic mass is 79.9. The number of hydrogen-bond donors (Lipinski definition) is 0. The van der Waals surface area contributed by atoms with Gasteiger partial charge >= 0.3 is 10.1 Å². The molecular weight excluding hydrogens is 354 g/mol. The summed E-state index contributed by atoms with van der Waals surface area (Å²) >= 11 is 3.25. The van der Waals surface area contributed by atoms with Crippen molar-refractivity contribution in [2.24, 2.45) is 0 Å². The molecular formula is C15H12BrNO3S. The Hall–Kier alpha value is -1.84. The maximum Gasteiger partial charge on any atom is 0.339 e. The van der Waals surface area contributed by atoms with Crippen molar-refractivity contribution in [3.05, 3.63) is 57.6 Å². The first-order valence-corrected chi connectivity index (χ1v) is 8.25. The predicted molar refractivity (Wildman–Crippen MR) is 82.6 cm³/mol. The molecule has 0 unspecified atom stereocenters. The van der Waals surface area contributed by atoms with Crippen LogP contribution in [0.4, 0.5) is 0 Å². The Kier molecular flexibility index (Phi) is 4.35. The van der Waals surface area contributed by atoms with Gasteiger partial charge in [-0.15, -0.1) is 0 Å². The van der Waals surface area contributed by atoms with Crippen LogP contribution in [0.1, 0.15) is 16.7 Å². The van der Waals surface area contributed by atoms with Crippen molar-refractivity contribution >= 4 is 26.0 Å². The van der Waals surface area contributed by atoms with Gasteiger partial charge in [-0.3, -0.25) is 0 Å². The van der Waals surface area contributed by atoms with Crippen molar-refractivity contribution in [2.45, 2.75) is 18.7 Å². The zero-order valence-electron chi connectivity index (χ0n) is 11.4. The van der Waals surface area contributed by atoms with Crippen molar-refractivity contribution in [3.8, 4) is 11.8 Å². The number of hydrogen-bond acceptors (Lipinski definition) is 4. The summed E-state index contributed by atoms with van der Waals surface area (Å²) in [4.78, 5) is 0.0776. The molecule has 0 atom stereocenters. The summed E-state index contributed by atoms with van der Waals surface area (Å²) < 4.78 is 30.6. The first-order valence-electron chi connectivity index (χ1n) is 6.05. The second-order valence-corrected chi connectivity index (χ2v) is 7.00. The van der Waals surface area contributed by atoms with Crippen molar-refractivity contribution in [2.75, 3.05) is 0 Å². The van der Waals surface area contributed by atoms with Crippen LogP contribution < -0.4 is 4.18 Å². The van der Waals surface area contributed by atoms with Crippen LogP contribution in [0, 0.1) is 25.2 Å². The van der Waals surface area contributed by atoms with Crippen LogP contribution >= 0.6 is 15.9 Å². The van der Waals surface area contributed by atoms with E-state index in [2.05, 4.69) is 15.9 Å². The first-order chi connectivity index (χ1) is 9.83. The third-order valence-electron chi connectivity index (χ3n) is 2.88. The van der Waals surface area contributed by atoms with Crippen molar-refractivity contribution in [1.29, 1.82) is 5.26 Å². The van der Waals surface area contributed by atoms with E-state index >= 15 is 0 Å². The maximum absolute atomic E-state index is 12.3. The van der Waals surface area contributed by atoms with E-state index in [1.54, 1.807) is 38.1 Å². The minimum absolute atomic E-state index is 0.0776. The molecule has 2 aromatic rings. The lowest BCUT2D eigenvalue weighted by molar-refractivity contribution is 0.482. The van der Waals surface area contributed by atoms with Crippen molar-refractivity contribution < 1.29 is 12.6 Å². The highest BCUT2D eigenvalue weighted by Gasteiger charge is 2.19. The van der Waals surface area contributed by atoms with E-state index < -0.39 is 10.1 Å². The summed E-state index contributed by atoms with van der Waals surface area (Å²) in [5.74, 6) is 0.261. The SMILES string of the molecule is Cc1cc(C#N)cc(C)c1OS(=O)(=O)c1ccc(Br)cc1. The topological polar surface area (TPSA) is 67.2 Å². The summed E-state index contributed by atoms with van der Waals surface area (Å²) in [6, 6.07) is 11.4. The standard InChI is InChI=1S/C15H12BrNO3S/c1-10-7-12(9-17)8-11(2)15(10)20-21(18,19)14-5-3-13(16)4-6-14/h3-8H,1-2H3. The molecule has 0 aliphatic carbocycles. The zero-order chi connectivity index (χ0) is 15.6. The molecule has 0 saturated heterocycles. The fraction of sp³-hybridized carbons (Fsp3) is 0.133. The van der Waals surface area contributed by atoms with Gasteiger partial charge < -0.3 is 4.18 Å². The quantitative estimate of drug-likeness (QED) is 0.777. The first kappa shape index (κ1) is 15.5. The minimum atomic E-state index is -3.90. The van der Waals surface area contributed by atoms with Crippen LogP contribution in [0.5, 0.6) is 5.75 Å². The van der Waals surface area contributed by atoms with Crippen LogP contribution in [0.15, 0.2) is 45.8 Å². The highest BCUT2D eigenvalue weighted by molar-refractivity contribution is 9.10. The molecule has 108 valence electrons. The van der Waals surface area contributed by atoms with Gasteiger partial charge in [0, 0.05) is 4.47 Å². The van der Waals surface area contributed by atoms with Gasteiger partial charge in [0.25, 0.3) is 0 Å². The van der Waals surface area contributed by atoms with Crippen LogP contribution in [0.2, 0.25) is 0 Å². The number of halogens is 1. The van der Waals surface area contributed by atoms with Gasteiger partial charge in [0.15, 0.2) is 0 Å². The van der Waals surface area contributed by atoms with E-state index in [0.717, 1.165) is 4.47 Å². The summed E-state index contributed by atoms with van der Waals surface area (Å²) in [6.07, 6.45) is 0. The predicted octanol–water partition coefficient (Wildman–Crippen LogP) is 3.71. The monoisotopic (exact) mass is 365 g/mol. The van der Waals surface area contributed by atoms with Gasteiger partial charge in [-0.25, -0.2) is 0 Å². The number of benzene rings is 2. The van der Waals surface area contributed by atoms with Gasteiger partial charge in [0.2, 0.25) is 0 Å². The molecule has 0 saturated carbocycles. The van der Waals surface area contributed by atoms with Crippen LogP contribution in [-0.4, -0.2) is 8.42 Å². The van der Waals surface area contributed by atoms with Crippen LogP contribution in [-0.2, 0) is 10.1 Å². The van der Waals surface area contributed by atoms with E-state index in [1.165, 1.54) is 12.1 Å². The molecule has 6 heteroatoms. The van der Waals surface area contributed by atoms with Gasteiger partial charge in [-0.2, -0.15) is 13.7 Å². The number of nitriles is 1. The lowest BCUT2D eigenvalue weighted by Crippen LogP contribution is -2.11. The minimum Gasteiger partial charge on any atom is -0.378 e. The summed E-state index contributed by atoms with van der Waals surface area (Å²) in [5, 5.41) is 8.90. The Morgan fingerprint density at radius 3 is 2.10 bits per heavy atom. The molecule has 0 N–H and O–H groups in total. The van der Waals surface area contributed by atoms with Crippen molar-refractivity contribution in [3.63, 3.8) is 0 Å². The fourth-order valence-electron chi connectivity index (χ4n) is 1.91. The van der Waals surface area contributed by atoms with E-state index in [9.17, 15) is 8.42 Å². The van der Waals surface area contributed by atoms with E-state index in [-0.39, 0.29) is 10.6 Å². The molecule has 0 aromatic heterocycles. The molecule has 0 fully saturated rings. The van der Waals surface area contributed by atoms with Crippen molar-refractivity contribution in [1.82, 2.24) is 0 Å². The Labute approximate surface area is 132 Å². The fourth-order valence-corrected chi connectivity index (χ4v) is 3.22. The molecule has 0 aliphatic rings. The summed E-state index contributed by atoms with van der Waals surface area (Å²) in [7, 11) is -3.90. The Bertz CT molecular complexity index is 798. The zero-order valence-corrected chi connectivity index (χ0v) is 13.8. The average Bonchev–Trinajstić information content (AvgIpc) is 2.43. The maximum atomic E-state index is 12.3. The lowest BCUT2D eigenvalue weighted by atomic mass is 10.1. The third kappa shape index (κ3) is 3.43. The smallest absolute Gasteiger partial charge is 0.339 e. The molecule has 0 heterocycles. The number of rotatable bonds is 3. The summed E-state index contributed by atoms with van der Waals surface area (Å²) in [6.45, 7) is 3.42. The van der Waals surface area contributed by atoms with Crippen LogP contribution in [0.25, 0.3) is 0 Å². The molecule has 21 heavy (non-hydrogen) atoms. The van der Waals surface area contributed by atoms with Gasteiger partial charge in [-0.1, -0.05) is 15.9 Å². The van der Waals surface area contributed by atoms with E-state index in [4.69, 9.17) is 9.44 Å². The second kappa shape index (κ2) is 5.88. The molecule has 0 bridgehead atoms. The molecule has 0 aliphatic heterocycles. The largest absolute Gasteiger partial charge is 0.378 e. The van der Waals surface area contributed by atoms with Gasteiger partial charge in [0.05, 0.1) is 11.6 Å². The molecule has 2 aromatic carbocycles. The number of nitrogens with zero attached hydrogens (tertiary/aromatic N) is 1.